The molecule has 26 heavy (non-hydrogen) atoms. The number of rotatable bonds is 4. The summed E-state index contributed by atoms with van der Waals surface area (Å²) >= 11 is 17.7. The molecule has 0 amide bonds. The predicted molar refractivity (Wildman–Crippen MR) is 112 cm³/mol. The summed E-state index contributed by atoms with van der Waals surface area (Å²) in [6, 6.07) is 13.1. The number of aromatic nitrogens is 2. The van der Waals surface area contributed by atoms with Crippen LogP contribution in [0.25, 0.3) is 0 Å². The zero-order valence-corrected chi connectivity index (χ0v) is 16.7. The van der Waals surface area contributed by atoms with E-state index in [4.69, 9.17) is 35.4 Å². The van der Waals surface area contributed by atoms with Crippen molar-refractivity contribution in [2.75, 3.05) is 5.32 Å². The number of anilines is 1. The van der Waals surface area contributed by atoms with Gasteiger partial charge < -0.3 is 15.2 Å². The van der Waals surface area contributed by atoms with E-state index in [0.717, 1.165) is 22.6 Å². The van der Waals surface area contributed by atoms with E-state index in [2.05, 4.69) is 15.6 Å². The molecule has 3 rings (SSSR count). The fraction of sp³-hybridized carbons (Fsp3) is 0.158. The first-order valence-electron chi connectivity index (χ1n) is 8.01. The average molecular weight is 405 g/mol. The number of thiocarbonyl (C=S) groups is 1. The van der Waals surface area contributed by atoms with Gasteiger partial charge in [0.25, 0.3) is 0 Å². The lowest BCUT2D eigenvalue weighted by Crippen LogP contribution is -2.34. The standard InChI is InChI=1S/C19H18Cl2N4S/c1-12-15(21)4-3-5-16(12)23-19(26)24-17(18-22-10-11-25(18)2)13-6-8-14(20)9-7-13/h3-11,17H,1-2H3,(H2,23,24,26)/t17-/m0/s1. The maximum atomic E-state index is 6.19. The first-order valence-corrected chi connectivity index (χ1v) is 9.17. The molecule has 1 atom stereocenters. The van der Waals surface area contributed by atoms with E-state index in [1.807, 2.05) is 67.2 Å². The fourth-order valence-corrected chi connectivity index (χ4v) is 3.17. The number of halogens is 2. The molecule has 2 aromatic carbocycles. The number of hydrogen-bond donors (Lipinski definition) is 2. The Morgan fingerprint density at radius 1 is 1.15 bits per heavy atom. The number of nitrogens with zero attached hydrogens (tertiary/aromatic N) is 2. The Morgan fingerprint density at radius 2 is 1.88 bits per heavy atom. The van der Waals surface area contributed by atoms with E-state index in [-0.39, 0.29) is 6.04 Å². The molecule has 3 aromatic rings. The Hall–Kier alpha value is -2.08. The van der Waals surface area contributed by atoms with Gasteiger partial charge in [-0.05, 0) is 54.5 Å². The van der Waals surface area contributed by atoms with Crippen LogP contribution in [0.3, 0.4) is 0 Å². The minimum Gasteiger partial charge on any atom is -0.348 e. The van der Waals surface area contributed by atoms with Gasteiger partial charge in [-0.2, -0.15) is 0 Å². The van der Waals surface area contributed by atoms with Gasteiger partial charge in [0.1, 0.15) is 11.9 Å². The van der Waals surface area contributed by atoms with Crippen molar-refractivity contribution >= 4 is 46.2 Å². The van der Waals surface area contributed by atoms with E-state index in [9.17, 15) is 0 Å². The molecule has 7 heteroatoms. The summed E-state index contributed by atoms with van der Waals surface area (Å²) in [4.78, 5) is 4.47. The lowest BCUT2D eigenvalue weighted by Gasteiger charge is -2.22. The molecule has 4 nitrogen and oxygen atoms in total. The van der Waals surface area contributed by atoms with Gasteiger partial charge in [-0.3, -0.25) is 0 Å². The third kappa shape index (κ3) is 4.18. The molecule has 0 aliphatic heterocycles. The number of aryl methyl sites for hydroxylation is 1. The minimum atomic E-state index is -0.216. The minimum absolute atomic E-state index is 0.216. The molecule has 0 aliphatic rings. The number of nitrogens with one attached hydrogen (secondary N) is 2. The average Bonchev–Trinajstić information content (AvgIpc) is 3.03. The number of benzene rings is 2. The summed E-state index contributed by atoms with van der Waals surface area (Å²) in [7, 11) is 1.95. The maximum Gasteiger partial charge on any atom is 0.171 e. The SMILES string of the molecule is Cc1c(Cl)cccc1NC(=S)N[C@@H](c1ccc(Cl)cc1)c1nccn1C. The topological polar surface area (TPSA) is 41.9 Å². The maximum absolute atomic E-state index is 6.19. The van der Waals surface area contributed by atoms with Crippen molar-refractivity contribution in [2.24, 2.45) is 7.05 Å². The van der Waals surface area contributed by atoms with Crippen molar-refractivity contribution < 1.29 is 0 Å². The van der Waals surface area contributed by atoms with Crippen LogP contribution in [0.15, 0.2) is 54.9 Å². The van der Waals surface area contributed by atoms with Crippen LogP contribution in [0.2, 0.25) is 10.0 Å². The highest BCUT2D eigenvalue weighted by Crippen LogP contribution is 2.25. The lowest BCUT2D eigenvalue weighted by molar-refractivity contribution is 0.664. The Kier molecular flexibility index (Phi) is 5.81. The molecule has 2 N–H and O–H groups in total. The highest BCUT2D eigenvalue weighted by atomic mass is 35.5. The van der Waals surface area contributed by atoms with Crippen LogP contribution in [0.1, 0.15) is 23.0 Å². The van der Waals surface area contributed by atoms with Gasteiger partial charge in [0, 0.05) is 35.2 Å². The summed E-state index contributed by atoms with van der Waals surface area (Å²) in [5.41, 5.74) is 2.82. The van der Waals surface area contributed by atoms with Gasteiger partial charge in [-0.1, -0.05) is 41.4 Å². The molecule has 1 aromatic heterocycles. The van der Waals surface area contributed by atoms with Gasteiger partial charge >= 0.3 is 0 Å². The molecule has 0 spiro atoms. The normalized spacial score (nSPS) is 11.8. The molecular formula is C19H18Cl2N4S. The van der Waals surface area contributed by atoms with Crippen LogP contribution in [-0.2, 0) is 7.05 Å². The predicted octanol–water partition coefficient (Wildman–Crippen LogP) is 5.11. The third-order valence-corrected chi connectivity index (χ3v) is 4.99. The van der Waals surface area contributed by atoms with Gasteiger partial charge in [-0.15, -0.1) is 0 Å². The first-order chi connectivity index (χ1) is 12.5. The second kappa shape index (κ2) is 8.08. The molecule has 0 bridgehead atoms. The van der Waals surface area contributed by atoms with Crippen molar-refractivity contribution in [3.63, 3.8) is 0 Å². The van der Waals surface area contributed by atoms with Gasteiger partial charge in [0.05, 0.1) is 0 Å². The summed E-state index contributed by atoms with van der Waals surface area (Å²) in [5.74, 6) is 0.847. The van der Waals surface area contributed by atoms with Gasteiger partial charge in [0.15, 0.2) is 5.11 Å². The Balaban J connectivity index is 1.86. The van der Waals surface area contributed by atoms with Gasteiger partial charge in [0.2, 0.25) is 0 Å². The zero-order chi connectivity index (χ0) is 18.7. The largest absolute Gasteiger partial charge is 0.348 e. The van der Waals surface area contributed by atoms with Crippen molar-refractivity contribution in [3.05, 3.63) is 81.9 Å². The van der Waals surface area contributed by atoms with Crippen molar-refractivity contribution in [1.29, 1.82) is 0 Å². The van der Waals surface area contributed by atoms with Crippen LogP contribution in [0, 0.1) is 6.92 Å². The molecule has 0 unspecified atom stereocenters. The van der Waals surface area contributed by atoms with E-state index < -0.39 is 0 Å². The number of imidazole rings is 1. The lowest BCUT2D eigenvalue weighted by atomic mass is 10.1. The molecule has 0 fully saturated rings. The first kappa shape index (κ1) is 18.7. The van der Waals surface area contributed by atoms with E-state index in [1.54, 1.807) is 6.20 Å². The molecular weight excluding hydrogens is 387 g/mol. The number of hydrogen-bond acceptors (Lipinski definition) is 2. The zero-order valence-electron chi connectivity index (χ0n) is 14.3. The second-order valence-electron chi connectivity index (χ2n) is 5.89. The highest BCUT2D eigenvalue weighted by Gasteiger charge is 2.19. The van der Waals surface area contributed by atoms with Crippen LogP contribution in [-0.4, -0.2) is 14.7 Å². The molecule has 134 valence electrons. The summed E-state index contributed by atoms with van der Waals surface area (Å²) < 4.78 is 1.96. The summed E-state index contributed by atoms with van der Waals surface area (Å²) in [6.07, 6.45) is 3.66. The summed E-state index contributed by atoms with van der Waals surface area (Å²) in [6.45, 7) is 1.95. The molecule has 1 heterocycles. The molecule has 0 saturated heterocycles. The van der Waals surface area contributed by atoms with Crippen LogP contribution >= 0.6 is 35.4 Å². The third-order valence-electron chi connectivity index (χ3n) is 4.11. The van der Waals surface area contributed by atoms with E-state index >= 15 is 0 Å². The summed E-state index contributed by atoms with van der Waals surface area (Å²) in [5, 5.41) is 8.42. The highest BCUT2D eigenvalue weighted by molar-refractivity contribution is 7.80. The smallest absolute Gasteiger partial charge is 0.171 e. The monoisotopic (exact) mass is 404 g/mol. The van der Waals surface area contributed by atoms with E-state index in [0.29, 0.717) is 15.2 Å². The van der Waals surface area contributed by atoms with E-state index in [1.165, 1.54) is 0 Å². The van der Waals surface area contributed by atoms with Crippen LogP contribution < -0.4 is 10.6 Å². The molecule has 0 aliphatic carbocycles. The Labute approximate surface area is 168 Å². The Bertz CT molecular complexity index is 922. The van der Waals surface area contributed by atoms with Crippen molar-refractivity contribution in [1.82, 2.24) is 14.9 Å². The van der Waals surface area contributed by atoms with Crippen molar-refractivity contribution in [3.8, 4) is 0 Å². The van der Waals surface area contributed by atoms with Crippen molar-refractivity contribution in [2.45, 2.75) is 13.0 Å². The van der Waals surface area contributed by atoms with Crippen LogP contribution in [0.5, 0.6) is 0 Å². The second-order valence-corrected chi connectivity index (χ2v) is 7.14. The Morgan fingerprint density at radius 3 is 2.54 bits per heavy atom. The van der Waals surface area contributed by atoms with Crippen LogP contribution in [0.4, 0.5) is 5.69 Å². The molecule has 0 saturated carbocycles. The fourth-order valence-electron chi connectivity index (χ4n) is 2.64. The van der Waals surface area contributed by atoms with Gasteiger partial charge in [-0.25, -0.2) is 4.98 Å². The molecule has 0 radical (unpaired) electrons. The quantitative estimate of drug-likeness (QED) is 0.592.